The maximum Gasteiger partial charge on any atom is 0.176 e. The molecule has 0 aromatic rings. The molecule has 0 heterocycles. The SMILES string of the molecule is CS(=O)(=O)C1=CC[CH]C=C1Br. The highest BCUT2D eigenvalue weighted by atomic mass is 79.9. The second-order valence-corrected chi connectivity index (χ2v) is 5.17. The predicted molar refractivity (Wildman–Crippen MR) is 48.9 cm³/mol. The second kappa shape index (κ2) is 3.11. The Labute approximate surface area is 75.0 Å². The van der Waals surface area contributed by atoms with E-state index in [1.54, 1.807) is 12.2 Å². The van der Waals surface area contributed by atoms with Crippen LogP contribution < -0.4 is 0 Å². The molecule has 0 bridgehead atoms. The summed E-state index contributed by atoms with van der Waals surface area (Å²) in [5.41, 5.74) is 0. The average Bonchev–Trinajstić information content (AvgIpc) is 1.86. The Morgan fingerprint density at radius 2 is 2.18 bits per heavy atom. The molecule has 1 radical (unpaired) electrons. The molecular weight excluding hydrogens is 228 g/mol. The largest absolute Gasteiger partial charge is 0.224 e. The Hall–Kier alpha value is -0.0900. The minimum Gasteiger partial charge on any atom is -0.224 e. The molecule has 0 N–H and O–H groups in total. The topological polar surface area (TPSA) is 34.1 Å². The maximum atomic E-state index is 11.0. The Bertz CT molecular complexity index is 311. The molecule has 4 heteroatoms. The molecule has 1 aliphatic carbocycles. The molecule has 1 rings (SSSR count). The van der Waals surface area contributed by atoms with E-state index in [9.17, 15) is 8.42 Å². The fourth-order valence-electron chi connectivity index (χ4n) is 0.855. The first kappa shape index (κ1) is 9.00. The van der Waals surface area contributed by atoms with E-state index >= 15 is 0 Å². The Morgan fingerprint density at radius 3 is 2.55 bits per heavy atom. The van der Waals surface area contributed by atoms with Gasteiger partial charge in [0, 0.05) is 10.7 Å². The maximum absolute atomic E-state index is 11.0. The molecule has 0 fully saturated rings. The van der Waals surface area contributed by atoms with Gasteiger partial charge in [0.1, 0.15) is 0 Å². The van der Waals surface area contributed by atoms with Crippen molar-refractivity contribution in [2.24, 2.45) is 0 Å². The first-order valence-corrected chi connectivity index (χ1v) is 5.80. The van der Waals surface area contributed by atoms with Gasteiger partial charge in [0.25, 0.3) is 0 Å². The van der Waals surface area contributed by atoms with E-state index in [4.69, 9.17) is 0 Å². The number of hydrogen-bond acceptors (Lipinski definition) is 2. The van der Waals surface area contributed by atoms with Crippen molar-refractivity contribution in [3.8, 4) is 0 Å². The molecule has 0 atom stereocenters. The lowest BCUT2D eigenvalue weighted by atomic mass is 10.2. The summed E-state index contributed by atoms with van der Waals surface area (Å²) in [6.07, 6.45) is 7.26. The van der Waals surface area contributed by atoms with Gasteiger partial charge in [-0.15, -0.1) is 0 Å². The van der Waals surface area contributed by atoms with Crippen LogP contribution in [0, 0.1) is 6.42 Å². The van der Waals surface area contributed by atoms with Gasteiger partial charge < -0.3 is 0 Å². The zero-order chi connectivity index (χ0) is 8.48. The van der Waals surface area contributed by atoms with Crippen LogP contribution in [0.4, 0.5) is 0 Å². The number of allylic oxidation sites excluding steroid dienone is 3. The Balaban J connectivity index is 3.07. The van der Waals surface area contributed by atoms with Gasteiger partial charge in [-0.25, -0.2) is 8.42 Å². The zero-order valence-corrected chi connectivity index (χ0v) is 8.44. The molecule has 1 aliphatic rings. The van der Waals surface area contributed by atoms with Crippen LogP contribution in [0.2, 0.25) is 0 Å². The smallest absolute Gasteiger partial charge is 0.176 e. The van der Waals surface area contributed by atoms with Crippen LogP contribution >= 0.6 is 15.9 Å². The van der Waals surface area contributed by atoms with Gasteiger partial charge in [0.15, 0.2) is 9.84 Å². The molecule has 0 spiro atoms. The van der Waals surface area contributed by atoms with Gasteiger partial charge >= 0.3 is 0 Å². The van der Waals surface area contributed by atoms with E-state index in [-0.39, 0.29) is 0 Å². The third kappa shape index (κ3) is 2.17. The summed E-state index contributed by atoms with van der Waals surface area (Å²) in [7, 11) is -3.05. The highest BCUT2D eigenvalue weighted by Crippen LogP contribution is 2.26. The lowest BCUT2D eigenvalue weighted by Crippen LogP contribution is -2.03. The van der Waals surface area contributed by atoms with Crippen molar-refractivity contribution < 1.29 is 8.42 Å². The first-order chi connectivity index (χ1) is 5.02. The minimum absolute atomic E-state index is 0.389. The normalized spacial score (nSPS) is 19.1. The van der Waals surface area contributed by atoms with Gasteiger partial charge in [-0.3, -0.25) is 0 Å². The Morgan fingerprint density at radius 1 is 1.55 bits per heavy atom. The van der Waals surface area contributed by atoms with Gasteiger partial charge in [-0.1, -0.05) is 12.2 Å². The highest BCUT2D eigenvalue weighted by Gasteiger charge is 2.15. The van der Waals surface area contributed by atoms with Crippen molar-refractivity contribution in [1.82, 2.24) is 0 Å². The van der Waals surface area contributed by atoms with E-state index in [2.05, 4.69) is 15.9 Å². The van der Waals surface area contributed by atoms with Crippen LogP contribution in [0.15, 0.2) is 21.5 Å². The van der Waals surface area contributed by atoms with E-state index in [0.717, 1.165) is 0 Å². The highest BCUT2D eigenvalue weighted by molar-refractivity contribution is 9.12. The molecule has 0 unspecified atom stereocenters. The number of hydrogen-bond donors (Lipinski definition) is 0. The van der Waals surface area contributed by atoms with Crippen LogP contribution in [0.5, 0.6) is 0 Å². The molecule has 2 nitrogen and oxygen atoms in total. The Kier molecular flexibility index (Phi) is 2.54. The van der Waals surface area contributed by atoms with Crippen molar-refractivity contribution in [2.75, 3.05) is 6.26 Å². The summed E-state index contributed by atoms with van der Waals surface area (Å²) in [4.78, 5) is 0.389. The van der Waals surface area contributed by atoms with Crippen LogP contribution in [0.1, 0.15) is 6.42 Å². The summed E-state index contributed by atoms with van der Waals surface area (Å²) in [5.74, 6) is 0. The van der Waals surface area contributed by atoms with Crippen molar-refractivity contribution in [1.29, 1.82) is 0 Å². The van der Waals surface area contributed by atoms with Crippen LogP contribution in [0.25, 0.3) is 0 Å². The molecule has 0 saturated carbocycles. The molecule has 61 valence electrons. The first-order valence-electron chi connectivity index (χ1n) is 3.11. The van der Waals surface area contributed by atoms with E-state index in [1.807, 2.05) is 6.42 Å². The van der Waals surface area contributed by atoms with Crippen LogP contribution in [-0.4, -0.2) is 14.7 Å². The van der Waals surface area contributed by atoms with E-state index in [0.29, 0.717) is 15.8 Å². The standard InChI is InChI=1S/C7H8BrO2S/c1-11(9,10)7-5-3-2-4-6(7)8/h2,4-5H,3H2,1H3. The summed E-state index contributed by atoms with van der Waals surface area (Å²) in [6.45, 7) is 0. The molecule has 0 aromatic heterocycles. The molecule has 0 saturated heterocycles. The minimum atomic E-state index is -3.05. The third-order valence-electron chi connectivity index (χ3n) is 1.34. The number of halogens is 1. The average molecular weight is 236 g/mol. The number of sulfone groups is 1. The molecule has 0 aliphatic heterocycles. The molecule has 0 amide bonds. The monoisotopic (exact) mass is 235 g/mol. The second-order valence-electron chi connectivity index (χ2n) is 2.33. The summed E-state index contributed by atoms with van der Waals surface area (Å²) >= 11 is 3.17. The van der Waals surface area contributed by atoms with Crippen molar-refractivity contribution in [2.45, 2.75) is 6.42 Å². The van der Waals surface area contributed by atoms with Crippen LogP contribution in [-0.2, 0) is 9.84 Å². The van der Waals surface area contributed by atoms with Crippen molar-refractivity contribution in [3.63, 3.8) is 0 Å². The zero-order valence-electron chi connectivity index (χ0n) is 6.04. The number of rotatable bonds is 1. The molecule has 0 aromatic carbocycles. The van der Waals surface area contributed by atoms with E-state index < -0.39 is 9.84 Å². The van der Waals surface area contributed by atoms with Crippen molar-refractivity contribution >= 4 is 25.8 Å². The lowest BCUT2D eigenvalue weighted by Gasteiger charge is -2.07. The van der Waals surface area contributed by atoms with Crippen molar-refractivity contribution in [3.05, 3.63) is 28.0 Å². The lowest BCUT2D eigenvalue weighted by molar-refractivity contribution is 0.608. The van der Waals surface area contributed by atoms with Crippen LogP contribution in [0.3, 0.4) is 0 Å². The predicted octanol–water partition coefficient (Wildman–Crippen LogP) is 1.80. The van der Waals surface area contributed by atoms with Gasteiger partial charge in [0.2, 0.25) is 0 Å². The quantitative estimate of drug-likeness (QED) is 0.695. The fourth-order valence-corrected chi connectivity index (χ4v) is 2.91. The van der Waals surface area contributed by atoms with E-state index in [1.165, 1.54) is 6.26 Å². The van der Waals surface area contributed by atoms with Gasteiger partial charge in [-0.05, 0) is 28.8 Å². The third-order valence-corrected chi connectivity index (χ3v) is 3.48. The molecule has 11 heavy (non-hydrogen) atoms. The summed E-state index contributed by atoms with van der Waals surface area (Å²) < 4.78 is 22.7. The van der Waals surface area contributed by atoms with Gasteiger partial charge in [0.05, 0.1) is 4.91 Å². The fraction of sp³-hybridized carbons (Fsp3) is 0.286. The molecular formula is C7H8BrO2S. The van der Waals surface area contributed by atoms with Gasteiger partial charge in [-0.2, -0.15) is 0 Å². The summed E-state index contributed by atoms with van der Waals surface area (Å²) in [6, 6.07) is 0. The summed E-state index contributed by atoms with van der Waals surface area (Å²) in [5, 5.41) is 0.